The van der Waals surface area contributed by atoms with Gasteiger partial charge in [-0.3, -0.25) is 0 Å². The van der Waals surface area contributed by atoms with Crippen molar-refractivity contribution in [1.29, 1.82) is 0 Å². The van der Waals surface area contributed by atoms with E-state index < -0.39 is 0 Å². The van der Waals surface area contributed by atoms with Crippen molar-refractivity contribution in [3.63, 3.8) is 0 Å². The zero-order valence-electron chi connectivity index (χ0n) is 11.4. The molecule has 104 valence electrons. The molecule has 4 nitrogen and oxygen atoms in total. The minimum Gasteiger partial charge on any atom is -0.309 e. The lowest BCUT2D eigenvalue weighted by atomic mass is 10.3. The maximum Gasteiger partial charge on any atom is 0.160 e. The van der Waals surface area contributed by atoms with Crippen molar-refractivity contribution < 1.29 is 0 Å². The van der Waals surface area contributed by atoms with Crippen molar-refractivity contribution >= 4 is 38.7 Å². The zero-order valence-corrected chi connectivity index (χ0v) is 13.7. The molecular weight excluding hydrogens is 328 g/mol. The van der Waals surface area contributed by atoms with Crippen LogP contribution in [0.3, 0.4) is 0 Å². The first-order chi connectivity index (χ1) is 9.02. The largest absolute Gasteiger partial charge is 0.309 e. The van der Waals surface area contributed by atoms with Crippen LogP contribution in [-0.2, 0) is 6.42 Å². The fourth-order valence-electron chi connectivity index (χ4n) is 2.34. The molecule has 2 heterocycles. The first-order valence-electron chi connectivity index (χ1n) is 6.26. The van der Waals surface area contributed by atoms with Crippen LogP contribution >= 0.6 is 27.5 Å². The maximum absolute atomic E-state index is 5.88. The number of likely N-dealkylation sites (N-methyl/N-ethyl adjacent to an activating group) is 1. The van der Waals surface area contributed by atoms with Gasteiger partial charge in [0, 0.05) is 35.6 Å². The number of rotatable bonds is 5. The number of aryl methyl sites for hydroxylation is 1. The second kappa shape index (κ2) is 6.20. The van der Waals surface area contributed by atoms with Gasteiger partial charge in [-0.05, 0) is 43.0 Å². The SMILES string of the molecule is CC(CN(C)C)n1c(CCCl)nc2cc(Br)cnc21. The number of nitrogens with zero attached hydrogens (tertiary/aromatic N) is 4. The lowest BCUT2D eigenvalue weighted by molar-refractivity contribution is 0.336. The number of pyridine rings is 1. The molecule has 2 aromatic rings. The minimum absolute atomic E-state index is 0.312. The fraction of sp³-hybridized carbons (Fsp3) is 0.538. The van der Waals surface area contributed by atoms with Gasteiger partial charge in [0.1, 0.15) is 11.3 Å². The second-order valence-electron chi connectivity index (χ2n) is 4.94. The maximum atomic E-state index is 5.88. The van der Waals surface area contributed by atoms with Gasteiger partial charge in [-0.15, -0.1) is 11.6 Å². The highest BCUT2D eigenvalue weighted by atomic mass is 79.9. The van der Waals surface area contributed by atoms with Crippen LogP contribution in [-0.4, -0.2) is 46.0 Å². The van der Waals surface area contributed by atoms with Crippen LogP contribution in [0.25, 0.3) is 11.2 Å². The molecule has 1 unspecified atom stereocenters. The summed E-state index contributed by atoms with van der Waals surface area (Å²) >= 11 is 9.32. The quantitative estimate of drug-likeness (QED) is 0.781. The van der Waals surface area contributed by atoms with Gasteiger partial charge in [0.15, 0.2) is 5.65 Å². The normalized spacial score (nSPS) is 13.4. The molecule has 0 aliphatic carbocycles. The molecule has 0 fully saturated rings. The highest BCUT2D eigenvalue weighted by Gasteiger charge is 2.17. The van der Waals surface area contributed by atoms with Crippen molar-refractivity contribution in [2.75, 3.05) is 26.5 Å². The molecule has 6 heteroatoms. The Kier molecular flexibility index (Phi) is 4.81. The molecule has 1 atom stereocenters. The summed E-state index contributed by atoms with van der Waals surface area (Å²) in [5.41, 5.74) is 1.85. The predicted octanol–water partition coefficient (Wildman–Crippen LogP) is 3.10. The van der Waals surface area contributed by atoms with E-state index in [4.69, 9.17) is 11.6 Å². The van der Waals surface area contributed by atoms with Gasteiger partial charge in [0.05, 0.1) is 0 Å². The Morgan fingerprint density at radius 1 is 1.47 bits per heavy atom. The van der Waals surface area contributed by atoms with Crippen LogP contribution in [0.2, 0.25) is 0 Å². The summed E-state index contributed by atoms with van der Waals surface area (Å²) in [5.74, 6) is 1.57. The summed E-state index contributed by atoms with van der Waals surface area (Å²) < 4.78 is 3.15. The van der Waals surface area contributed by atoms with Gasteiger partial charge in [-0.1, -0.05) is 0 Å². The lowest BCUT2D eigenvalue weighted by Gasteiger charge is -2.20. The molecule has 0 bridgehead atoms. The first kappa shape index (κ1) is 14.8. The van der Waals surface area contributed by atoms with E-state index in [1.807, 2.05) is 12.3 Å². The van der Waals surface area contributed by atoms with Crippen LogP contribution in [0.1, 0.15) is 18.8 Å². The van der Waals surface area contributed by atoms with Crippen LogP contribution in [0.4, 0.5) is 0 Å². The predicted molar refractivity (Wildman–Crippen MR) is 82.9 cm³/mol. The average Bonchev–Trinajstić information content (AvgIpc) is 2.65. The highest BCUT2D eigenvalue weighted by molar-refractivity contribution is 9.10. The monoisotopic (exact) mass is 344 g/mol. The molecule has 0 saturated carbocycles. The van der Waals surface area contributed by atoms with E-state index in [0.717, 1.165) is 34.4 Å². The minimum atomic E-state index is 0.312. The van der Waals surface area contributed by atoms with E-state index in [1.54, 1.807) is 0 Å². The van der Waals surface area contributed by atoms with Crippen molar-refractivity contribution in [3.05, 3.63) is 22.6 Å². The Morgan fingerprint density at radius 2 is 2.21 bits per heavy atom. The lowest BCUT2D eigenvalue weighted by Crippen LogP contribution is -2.24. The third-order valence-corrected chi connectivity index (χ3v) is 3.58. The Labute approximate surface area is 126 Å². The molecule has 0 spiro atoms. The van der Waals surface area contributed by atoms with E-state index in [9.17, 15) is 0 Å². The zero-order chi connectivity index (χ0) is 14.0. The highest BCUT2D eigenvalue weighted by Crippen LogP contribution is 2.23. The van der Waals surface area contributed by atoms with Gasteiger partial charge in [-0.2, -0.15) is 0 Å². The molecule has 0 aliphatic heterocycles. The Balaban J connectivity index is 2.51. The molecule has 2 aromatic heterocycles. The van der Waals surface area contributed by atoms with Gasteiger partial charge >= 0.3 is 0 Å². The molecule has 0 N–H and O–H groups in total. The Morgan fingerprint density at radius 3 is 2.84 bits per heavy atom. The second-order valence-corrected chi connectivity index (χ2v) is 6.24. The number of hydrogen-bond acceptors (Lipinski definition) is 3. The molecular formula is C13H18BrClN4. The topological polar surface area (TPSA) is 34.0 Å². The third kappa shape index (κ3) is 3.27. The number of aromatic nitrogens is 3. The van der Waals surface area contributed by atoms with Crippen molar-refractivity contribution in [3.8, 4) is 0 Å². The number of alkyl halides is 1. The van der Waals surface area contributed by atoms with E-state index in [0.29, 0.717) is 11.9 Å². The van der Waals surface area contributed by atoms with Gasteiger partial charge < -0.3 is 9.47 Å². The van der Waals surface area contributed by atoms with Gasteiger partial charge in [0.25, 0.3) is 0 Å². The van der Waals surface area contributed by atoms with Crippen molar-refractivity contribution in [1.82, 2.24) is 19.4 Å². The summed E-state index contributed by atoms with van der Waals surface area (Å²) in [7, 11) is 4.14. The van der Waals surface area contributed by atoms with E-state index >= 15 is 0 Å². The molecule has 0 amide bonds. The number of hydrogen-bond donors (Lipinski definition) is 0. The summed E-state index contributed by atoms with van der Waals surface area (Å²) in [6.45, 7) is 3.13. The molecule has 0 aliphatic rings. The molecule has 0 radical (unpaired) electrons. The fourth-order valence-corrected chi connectivity index (χ4v) is 2.83. The van der Waals surface area contributed by atoms with Crippen LogP contribution in [0.5, 0.6) is 0 Å². The molecule has 19 heavy (non-hydrogen) atoms. The van der Waals surface area contributed by atoms with E-state index in [-0.39, 0.29) is 0 Å². The summed E-state index contributed by atoms with van der Waals surface area (Å²) in [5, 5.41) is 0. The summed E-state index contributed by atoms with van der Waals surface area (Å²) in [4.78, 5) is 11.3. The Hall–Kier alpha value is -0.650. The van der Waals surface area contributed by atoms with Crippen molar-refractivity contribution in [2.24, 2.45) is 0 Å². The van der Waals surface area contributed by atoms with Crippen LogP contribution < -0.4 is 0 Å². The molecule has 2 rings (SSSR count). The van der Waals surface area contributed by atoms with Crippen LogP contribution in [0, 0.1) is 0 Å². The number of imidazole rings is 1. The number of fused-ring (bicyclic) bond motifs is 1. The molecule has 0 aromatic carbocycles. The van der Waals surface area contributed by atoms with Gasteiger partial charge in [0.2, 0.25) is 0 Å². The van der Waals surface area contributed by atoms with E-state index in [2.05, 4.69) is 56.4 Å². The van der Waals surface area contributed by atoms with Crippen molar-refractivity contribution in [2.45, 2.75) is 19.4 Å². The Bertz CT molecular complexity index is 567. The summed E-state index contributed by atoms with van der Waals surface area (Å²) in [6.07, 6.45) is 2.57. The first-order valence-corrected chi connectivity index (χ1v) is 7.58. The van der Waals surface area contributed by atoms with Crippen LogP contribution in [0.15, 0.2) is 16.7 Å². The standard InChI is InChI=1S/C13H18BrClN4/c1-9(8-18(2)3)19-12(4-5-15)17-11-6-10(14)7-16-13(11)19/h6-7,9H,4-5,8H2,1-3H3. The summed E-state index contributed by atoms with van der Waals surface area (Å²) in [6, 6.07) is 2.31. The molecule has 0 saturated heterocycles. The average molecular weight is 346 g/mol. The van der Waals surface area contributed by atoms with Gasteiger partial charge in [-0.25, -0.2) is 9.97 Å². The number of halogens is 2. The third-order valence-electron chi connectivity index (χ3n) is 2.96. The smallest absolute Gasteiger partial charge is 0.160 e. The van der Waals surface area contributed by atoms with E-state index in [1.165, 1.54) is 0 Å².